The van der Waals surface area contributed by atoms with E-state index in [9.17, 15) is 0 Å². The molecule has 0 atom stereocenters. The van der Waals surface area contributed by atoms with Gasteiger partial charge in [0.1, 0.15) is 6.26 Å². The fraction of sp³-hybridized carbons (Fsp3) is 0.455. The predicted molar refractivity (Wildman–Crippen MR) is 57.6 cm³/mol. The van der Waals surface area contributed by atoms with Crippen molar-refractivity contribution in [1.82, 2.24) is 10.2 Å². The molecule has 15 heavy (non-hydrogen) atoms. The van der Waals surface area contributed by atoms with Gasteiger partial charge < -0.3 is 10.2 Å². The first-order valence-corrected chi connectivity index (χ1v) is 5.21. The number of rotatable bonds is 3. The van der Waals surface area contributed by atoms with Gasteiger partial charge in [0.05, 0.1) is 5.70 Å². The summed E-state index contributed by atoms with van der Waals surface area (Å²) in [7, 11) is 0. The molecule has 2 aliphatic heterocycles. The molecule has 0 bridgehead atoms. The highest BCUT2D eigenvalue weighted by Crippen LogP contribution is 2.21. The topological polar surface area (TPSA) is 33.7 Å². The molecule has 0 radical (unpaired) electrons. The Hall–Kier alpha value is -1.42. The van der Waals surface area contributed by atoms with Gasteiger partial charge in [0.2, 0.25) is 0 Å². The van der Waals surface area contributed by atoms with Crippen LogP contribution in [-0.4, -0.2) is 31.1 Å². The predicted octanol–water partition coefficient (Wildman–Crippen LogP) is 1.15. The minimum atomic E-state index is 0.698. The molecule has 2 heterocycles. The Bertz CT molecular complexity index is 291. The standard InChI is InChI=1S/C11H16N2O2/c1-2-3-11-10(4-9-14-15-11)13-7-5-12-6-8-13/h2,4,9,12H,1,3,5-8H2. The van der Waals surface area contributed by atoms with E-state index in [0.29, 0.717) is 6.42 Å². The van der Waals surface area contributed by atoms with Crippen molar-refractivity contribution < 1.29 is 9.78 Å². The normalized spacial score (nSPS) is 20.9. The number of hydrogen-bond donors (Lipinski definition) is 1. The molecule has 0 unspecified atom stereocenters. The first-order chi connectivity index (χ1) is 7.42. The number of hydrogen-bond acceptors (Lipinski definition) is 4. The lowest BCUT2D eigenvalue weighted by Gasteiger charge is -2.32. The van der Waals surface area contributed by atoms with E-state index in [2.05, 4.69) is 16.8 Å². The van der Waals surface area contributed by atoms with Crippen LogP contribution in [0.15, 0.2) is 36.4 Å². The first kappa shape index (κ1) is 10.1. The molecule has 0 saturated carbocycles. The lowest BCUT2D eigenvalue weighted by molar-refractivity contribution is -0.218. The zero-order chi connectivity index (χ0) is 10.5. The number of nitrogens with one attached hydrogen (secondary N) is 1. The van der Waals surface area contributed by atoms with Crippen molar-refractivity contribution in [1.29, 1.82) is 0 Å². The lowest BCUT2D eigenvalue weighted by Crippen LogP contribution is -2.43. The van der Waals surface area contributed by atoms with E-state index in [4.69, 9.17) is 9.78 Å². The Kier molecular flexibility index (Phi) is 3.29. The monoisotopic (exact) mass is 208 g/mol. The molecular weight excluding hydrogens is 192 g/mol. The van der Waals surface area contributed by atoms with Gasteiger partial charge in [-0.25, -0.2) is 0 Å². The zero-order valence-electron chi connectivity index (χ0n) is 8.74. The molecule has 1 saturated heterocycles. The summed E-state index contributed by atoms with van der Waals surface area (Å²) in [6, 6.07) is 0. The van der Waals surface area contributed by atoms with Gasteiger partial charge in [-0.3, -0.25) is 9.78 Å². The first-order valence-electron chi connectivity index (χ1n) is 5.21. The zero-order valence-corrected chi connectivity index (χ0v) is 8.74. The minimum absolute atomic E-state index is 0.698. The largest absolute Gasteiger partial charge is 0.366 e. The Morgan fingerprint density at radius 3 is 3.00 bits per heavy atom. The summed E-state index contributed by atoms with van der Waals surface area (Å²) in [5.41, 5.74) is 1.11. The third kappa shape index (κ3) is 2.33. The molecule has 0 aliphatic carbocycles. The minimum Gasteiger partial charge on any atom is -0.366 e. The third-order valence-corrected chi connectivity index (χ3v) is 2.50. The van der Waals surface area contributed by atoms with E-state index in [1.165, 1.54) is 0 Å². The molecule has 82 valence electrons. The summed E-state index contributed by atoms with van der Waals surface area (Å²) in [6.07, 6.45) is 6.04. The second kappa shape index (κ2) is 4.89. The van der Waals surface area contributed by atoms with Crippen molar-refractivity contribution in [3.05, 3.63) is 36.4 Å². The summed E-state index contributed by atoms with van der Waals surface area (Å²) in [5, 5.41) is 3.32. The van der Waals surface area contributed by atoms with Crippen molar-refractivity contribution in [2.75, 3.05) is 26.2 Å². The van der Waals surface area contributed by atoms with E-state index in [-0.39, 0.29) is 0 Å². The number of piperazine rings is 1. The molecule has 0 aromatic rings. The van der Waals surface area contributed by atoms with Gasteiger partial charge >= 0.3 is 0 Å². The Morgan fingerprint density at radius 1 is 1.47 bits per heavy atom. The molecule has 2 aliphatic rings. The molecule has 2 rings (SSSR count). The van der Waals surface area contributed by atoms with Crippen LogP contribution in [0.1, 0.15) is 6.42 Å². The van der Waals surface area contributed by atoms with Gasteiger partial charge in [0.25, 0.3) is 0 Å². The maximum absolute atomic E-state index is 5.14. The smallest absolute Gasteiger partial charge is 0.182 e. The third-order valence-electron chi connectivity index (χ3n) is 2.50. The average Bonchev–Trinajstić information content (AvgIpc) is 2.31. The summed E-state index contributed by atoms with van der Waals surface area (Å²) in [4.78, 5) is 12.3. The molecule has 0 aromatic carbocycles. The second-order valence-electron chi connectivity index (χ2n) is 3.52. The van der Waals surface area contributed by atoms with Crippen LogP contribution in [0.4, 0.5) is 0 Å². The van der Waals surface area contributed by atoms with Crippen LogP contribution in [0.3, 0.4) is 0 Å². The quantitative estimate of drug-likeness (QED) is 0.557. The molecule has 1 fully saturated rings. The summed E-state index contributed by atoms with van der Waals surface area (Å²) in [6.45, 7) is 7.74. The van der Waals surface area contributed by atoms with Crippen molar-refractivity contribution in [3.8, 4) is 0 Å². The van der Waals surface area contributed by atoms with Gasteiger partial charge in [-0.2, -0.15) is 0 Å². The Balaban J connectivity index is 2.13. The van der Waals surface area contributed by atoms with Crippen molar-refractivity contribution in [2.24, 2.45) is 0 Å². The molecule has 0 amide bonds. The van der Waals surface area contributed by atoms with Crippen LogP contribution in [0, 0.1) is 0 Å². The summed E-state index contributed by atoms with van der Waals surface area (Å²) >= 11 is 0. The summed E-state index contributed by atoms with van der Waals surface area (Å²) < 4.78 is 0. The van der Waals surface area contributed by atoms with Crippen molar-refractivity contribution >= 4 is 0 Å². The van der Waals surface area contributed by atoms with Crippen LogP contribution in [0.25, 0.3) is 0 Å². The van der Waals surface area contributed by atoms with E-state index in [0.717, 1.165) is 37.6 Å². The summed E-state index contributed by atoms with van der Waals surface area (Å²) in [5.74, 6) is 0.842. The fourth-order valence-corrected chi connectivity index (χ4v) is 1.77. The van der Waals surface area contributed by atoms with Gasteiger partial charge in [0, 0.05) is 38.7 Å². The number of allylic oxidation sites excluding steroid dienone is 2. The van der Waals surface area contributed by atoms with Gasteiger partial charge in [-0.15, -0.1) is 6.58 Å². The molecular formula is C11H16N2O2. The average molecular weight is 208 g/mol. The molecule has 0 aromatic heterocycles. The molecule has 1 N–H and O–H groups in total. The Labute approximate surface area is 89.8 Å². The van der Waals surface area contributed by atoms with E-state index < -0.39 is 0 Å². The van der Waals surface area contributed by atoms with Gasteiger partial charge in [-0.1, -0.05) is 6.08 Å². The highest BCUT2D eigenvalue weighted by Gasteiger charge is 2.18. The van der Waals surface area contributed by atoms with E-state index in [1.54, 1.807) is 6.26 Å². The van der Waals surface area contributed by atoms with Crippen molar-refractivity contribution in [2.45, 2.75) is 6.42 Å². The highest BCUT2D eigenvalue weighted by atomic mass is 17.2. The SMILES string of the molecule is C=CCC1=C(N2CCNCC2)C=COO1. The molecule has 4 nitrogen and oxygen atoms in total. The van der Waals surface area contributed by atoms with E-state index >= 15 is 0 Å². The van der Waals surface area contributed by atoms with Gasteiger partial charge in [-0.05, 0) is 0 Å². The molecule has 0 spiro atoms. The lowest BCUT2D eigenvalue weighted by atomic mass is 10.2. The van der Waals surface area contributed by atoms with Crippen LogP contribution in [0.2, 0.25) is 0 Å². The van der Waals surface area contributed by atoms with E-state index in [1.807, 2.05) is 12.2 Å². The number of nitrogens with zero attached hydrogens (tertiary/aromatic N) is 1. The fourth-order valence-electron chi connectivity index (χ4n) is 1.77. The second-order valence-corrected chi connectivity index (χ2v) is 3.52. The maximum atomic E-state index is 5.14. The van der Waals surface area contributed by atoms with Crippen LogP contribution < -0.4 is 5.32 Å². The highest BCUT2D eigenvalue weighted by molar-refractivity contribution is 5.23. The van der Waals surface area contributed by atoms with Crippen molar-refractivity contribution in [3.63, 3.8) is 0 Å². The van der Waals surface area contributed by atoms with Crippen LogP contribution in [-0.2, 0) is 9.78 Å². The van der Waals surface area contributed by atoms with Gasteiger partial charge in [0.15, 0.2) is 5.76 Å². The maximum Gasteiger partial charge on any atom is 0.182 e. The Morgan fingerprint density at radius 2 is 2.27 bits per heavy atom. The van der Waals surface area contributed by atoms with Crippen LogP contribution in [0.5, 0.6) is 0 Å². The van der Waals surface area contributed by atoms with Crippen LogP contribution >= 0.6 is 0 Å². The molecule has 4 heteroatoms.